The first-order valence-corrected chi connectivity index (χ1v) is 9.96. The van der Waals surface area contributed by atoms with Crippen LogP contribution in [0.25, 0.3) is 11.1 Å². The van der Waals surface area contributed by atoms with Crippen LogP contribution in [0.4, 0.5) is 5.69 Å². The smallest absolute Gasteiger partial charge is 0.335 e. The van der Waals surface area contributed by atoms with Gasteiger partial charge in [-0.25, -0.2) is 4.79 Å². The lowest BCUT2D eigenvalue weighted by molar-refractivity contribution is 0.0696. The molecule has 0 aliphatic rings. The van der Waals surface area contributed by atoms with E-state index in [0.29, 0.717) is 12.1 Å². The van der Waals surface area contributed by atoms with E-state index in [0.717, 1.165) is 22.4 Å². The number of rotatable bonds is 6. The molecule has 4 rings (SSSR count). The number of amides is 1. The van der Waals surface area contributed by atoms with Crippen molar-refractivity contribution in [3.05, 3.63) is 126 Å². The molecule has 0 aliphatic carbocycles. The Kier molecular flexibility index (Phi) is 5.90. The molecule has 1 amide bonds. The summed E-state index contributed by atoms with van der Waals surface area (Å²) in [7, 11) is 0. The summed E-state index contributed by atoms with van der Waals surface area (Å²) >= 11 is 0. The van der Waals surface area contributed by atoms with Gasteiger partial charge < -0.3 is 10.0 Å². The van der Waals surface area contributed by atoms with Gasteiger partial charge in [-0.1, -0.05) is 66.7 Å². The standard InChI is InChI=1S/C27H21NO3/c29-26(21-10-3-1-4-11-21)28(25-15-5-2-6-16-25)19-20-9-7-12-22(17-20)23-13-8-14-24(18-23)27(30)31/h1-18H,19H2,(H,30,31). The molecule has 0 saturated carbocycles. The lowest BCUT2D eigenvalue weighted by atomic mass is 10.0. The number of carbonyl (C=O) groups excluding carboxylic acids is 1. The van der Waals surface area contributed by atoms with Gasteiger partial charge in [0.05, 0.1) is 12.1 Å². The molecule has 0 fully saturated rings. The minimum Gasteiger partial charge on any atom is -0.478 e. The normalized spacial score (nSPS) is 10.5. The maximum atomic E-state index is 13.3. The number of carboxylic acid groups (broad SMARTS) is 1. The summed E-state index contributed by atoms with van der Waals surface area (Å²) in [5.41, 5.74) is 4.36. The lowest BCUT2D eigenvalue weighted by Gasteiger charge is -2.23. The monoisotopic (exact) mass is 407 g/mol. The molecule has 0 aliphatic heterocycles. The average molecular weight is 407 g/mol. The van der Waals surface area contributed by atoms with E-state index < -0.39 is 5.97 Å². The first-order chi connectivity index (χ1) is 15.1. The number of aromatic carboxylic acids is 1. The van der Waals surface area contributed by atoms with Gasteiger partial charge in [-0.15, -0.1) is 0 Å². The van der Waals surface area contributed by atoms with Gasteiger partial charge in [0.2, 0.25) is 0 Å². The maximum absolute atomic E-state index is 13.3. The molecule has 0 atom stereocenters. The second-order valence-electron chi connectivity index (χ2n) is 7.18. The third-order valence-electron chi connectivity index (χ3n) is 5.04. The van der Waals surface area contributed by atoms with E-state index in [1.807, 2.05) is 91.0 Å². The first kappa shape index (κ1) is 20.1. The van der Waals surface area contributed by atoms with Crippen LogP contribution >= 0.6 is 0 Å². The number of hydrogen-bond donors (Lipinski definition) is 1. The summed E-state index contributed by atoms with van der Waals surface area (Å²) in [5.74, 6) is -1.04. The number of hydrogen-bond acceptors (Lipinski definition) is 2. The van der Waals surface area contributed by atoms with Crippen LogP contribution in [0, 0.1) is 0 Å². The summed E-state index contributed by atoms with van der Waals surface area (Å²) in [5, 5.41) is 9.28. The Morgan fingerprint density at radius 2 is 1.23 bits per heavy atom. The molecular weight excluding hydrogens is 386 g/mol. The number of anilines is 1. The van der Waals surface area contributed by atoms with E-state index in [9.17, 15) is 14.7 Å². The SMILES string of the molecule is O=C(O)c1cccc(-c2cccc(CN(C(=O)c3ccccc3)c3ccccc3)c2)c1. The van der Waals surface area contributed by atoms with E-state index in [2.05, 4.69) is 0 Å². The summed E-state index contributed by atoms with van der Waals surface area (Å²) in [6.45, 7) is 0.393. The molecule has 0 aromatic heterocycles. The molecular formula is C27H21NO3. The Morgan fingerprint density at radius 1 is 0.645 bits per heavy atom. The minimum absolute atomic E-state index is 0.0786. The highest BCUT2D eigenvalue weighted by atomic mass is 16.4. The zero-order valence-electron chi connectivity index (χ0n) is 16.8. The van der Waals surface area contributed by atoms with Crippen molar-refractivity contribution in [2.24, 2.45) is 0 Å². The van der Waals surface area contributed by atoms with Crippen LogP contribution in [0.2, 0.25) is 0 Å². The Morgan fingerprint density at radius 3 is 1.90 bits per heavy atom. The fraction of sp³-hybridized carbons (Fsp3) is 0.0370. The molecule has 4 aromatic rings. The summed E-state index contributed by atoms with van der Waals surface area (Å²) < 4.78 is 0. The summed E-state index contributed by atoms with van der Waals surface area (Å²) in [6, 6.07) is 33.5. The second-order valence-corrected chi connectivity index (χ2v) is 7.18. The maximum Gasteiger partial charge on any atom is 0.335 e. The van der Waals surface area contributed by atoms with Crippen LogP contribution in [0.15, 0.2) is 109 Å². The highest BCUT2D eigenvalue weighted by molar-refractivity contribution is 6.06. The van der Waals surface area contributed by atoms with Gasteiger partial charge in [0.1, 0.15) is 0 Å². The molecule has 31 heavy (non-hydrogen) atoms. The van der Waals surface area contributed by atoms with Crippen LogP contribution in [-0.4, -0.2) is 17.0 Å². The van der Waals surface area contributed by atoms with Crippen LogP contribution in [0.5, 0.6) is 0 Å². The van der Waals surface area contributed by atoms with Crippen LogP contribution in [0.1, 0.15) is 26.3 Å². The number of carboxylic acids is 1. The number of nitrogens with zero attached hydrogens (tertiary/aromatic N) is 1. The molecule has 1 N–H and O–H groups in total. The molecule has 0 spiro atoms. The molecule has 0 bridgehead atoms. The quantitative estimate of drug-likeness (QED) is 0.433. The van der Waals surface area contributed by atoms with Crippen molar-refractivity contribution in [2.45, 2.75) is 6.54 Å². The van der Waals surface area contributed by atoms with Crippen molar-refractivity contribution < 1.29 is 14.7 Å². The molecule has 0 heterocycles. The number of benzene rings is 4. The van der Waals surface area contributed by atoms with Crippen molar-refractivity contribution >= 4 is 17.6 Å². The number of para-hydroxylation sites is 1. The largest absolute Gasteiger partial charge is 0.478 e. The van der Waals surface area contributed by atoms with E-state index in [1.165, 1.54) is 0 Å². The van der Waals surface area contributed by atoms with Gasteiger partial charge in [-0.05, 0) is 59.2 Å². The molecule has 152 valence electrons. The highest BCUT2D eigenvalue weighted by Crippen LogP contribution is 2.25. The van der Waals surface area contributed by atoms with Crippen molar-refractivity contribution in [3.8, 4) is 11.1 Å². The Bertz CT molecular complexity index is 1200. The van der Waals surface area contributed by atoms with Gasteiger partial charge in [-0.3, -0.25) is 4.79 Å². The Labute approximate surface area is 181 Å². The van der Waals surface area contributed by atoms with E-state index in [-0.39, 0.29) is 11.5 Å². The average Bonchev–Trinajstić information content (AvgIpc) is 2.83. The number of carbonyl (C=O) groups is 2. The van der Waals surface area contributed by atoms with Crippen molar-refractivity contribution in [1.29, 1.82) is 0 Å². The molecule has 4 nitrogen and oxygen atoms in total. The zero-order valence-corrected chi connectivity index (χ0v) is 16.8. The molecule has 4 heteroatoms. The van der Waals surface area contributed by atoms with Gasteiger partial charge in [-0.2, -0.15) is 0 Å². The van der Waals surface area contributed by atoms with Gasteiger partial charge in [0.15, 0.2) is 0 Å². The minimum atomic E-state index is -0.957. The lowest BCUT2D eigenvalue weighted by Crippen LogP contribution is -2.30. The highest BCUT2D eigenvalue weighted by Gasteiger charge is 2.18. The van der Waals surface area contributed by atoms with E-state index in [1.54, 1.807) is 23.1 Å². The zero-order chi connectivity index (χ0) is 21.6. The van der Waals surface area contributed by atoms with Crippen LogP contribution in [-0.2, 0) is 6.54 Å². The van der Waals surface area contributed by atoms with Crippen molar-refractivity contribution in [3.63, 3.8) is 0 Å². The predicted molar refractivity (Wildman–Crippen MR) is 122 cm³/mol. The first-order valence-electron chi connectivity index (χ1n) is 9.96. The van der Waals surface area contributed by atoms with Crippen LogP contribution in [0.3, 0.4) is 0 Å². The molecule has 4 aromatic carbocycles. The van der Waals surface area contributed by atoms with Crippen molar-refractivity contribution in [1.82, 2.24) is 0 Å². The Balaban J connectivity index is 1.68. The molecule has 0 radical (unpaired) electrons. The van der Waals surface area contributed by atoms with E-state index in [4.69, 9.17) is 0 Å². The van der Waals surface area contributed by atoms with Gasteiger partial charge in [0.25, 0.3) is 5.91 Å². The van der Waals surface area contributed by atoms with Crippen LogP contribution < -0.4 is 4.90 Å². The van der Waals surface area contributed by atoms with Crippen molar-refractivity contribution in [2.75, 3.05) is 4.90 Å². The summed E-state index contributed by atoms with van der Waals surface area (Å²) in [4.78, 5) is 26.4. The van der Waals surface area contributed by atoms with E-state index >= 15 is 0 Å². The molecule has 0 unspecified atom stereocenters. The third-order valence-corrected chi connectivity index (χ3v) is 5.04. The van der Waals surface area contributed by atoms with Gasteiger partial charge in [0, 0.05) is 11.3 Å². The Hall–Kier alpha value is -4.18. The fourth-order valence-electron chi connectivity index (χ4n) is 3.49. The topological polar surface area (TPSA) is 57.6 Å². The predicted octanol–water partition coefficient (Wildman–Crippen LogP) is 5.90. The fourth-order valence-corrected chi connectivity index (χ4v) is 3.49. The van der Waals surface area contributed by atoms with Gasteiger partial charge >= 0.3 is 5.97 Å². The molecule has 0 saturated heterocycles. The second kappa shape index (κ2) is 9.09. The third kappa shape index (κ3) is 4.70. The summed E-state index contributed by atoms with van der Waals surface area (Å²) in [6.07, 6.45) is 0.